The molecule has 0 aliphatic rings. The summed E-state index contributed by atoms with van der Waals surface area (Å²) in [4.78, 5) is 30.7. The highest BCUT2D eigenvalue weighted by molar-refractivity contribution is 8.01. The van der Waals surface area contributed by atoms with Crippen molar-refractivity contribution < 1.29 is 14.3 Å². The Labute approximate surface area is 276 Å². The van der Waals surface area contributed by atoms with E-state index in [0.717, 1.165) is 40.2 Å². The zero-order valence-electron chi connectivity index (χ0n) is 27.8. The van der Waals surface area contributed by atoms with Crippen molar-refractivity contribution in [3.63, 3.8) is 0 Å². The summed E-state index contributed by atoms with van der Waals surface area (Å²) in [7, 11) is 0. The number of hydrogen-bond acceptors (Lipinski definition) is 7. The molecule has 6 nitrogen and oxygen atoms in total. The van der Waals surface area contributed by atoms with Crippen LogP contribution in [0.3, 0.4) is 0 Å². The molecule has 1 aromatic carbocycles. The maximum absolute atomic E-state index is 13.2. The number of ether oxygens (including phenoxy) is 1. The number of carbonyl (C=O) groups is 2. The summed E-state index contributed by atoms with van der Waals surface area (Å²) in [6.07, 6.45) is 23.9. The molecule has 0 bridgehead atoms. The molecule has 250 valence electrons. The summed E-state index contributed by atoms with van der Waals surface area (Å²) < 4.78 is 7.69. The number of thioether (sulfide) groups is 1. The van der Waals surface area contributed by atoms with Crippen molar-refractivity contribution >= 4 is 45.2 Å². The second kappa shape index (κ2) is 25.5. The van der Waals surface area contributed by atoms with Gasteiger partial charge < -0.3 is 10.1 Å². The SMILES string of the molecule is CCCCCCCCCCCCNC(=O)CC(CSc1nc2ccccc2s1)C(=O)OC(N)CCCCCCCCCCC. The smallest absolute Gasteiger partial charge is 0.311 e. The van der Waals surface area contributed by atoms with Crippen molar-refractivity contribution in [1.29, 1.82) is 0 Å². The molecule has 0 aliphatic heterocycles. The van der Waals surface area contributed by atoms with Crippen LogP contribution >= 0.6 is 23.1 Å². The molecule has 2 rings (SSSR count). The molecule has 2 atom stereocenters. The maximum atomic E-state index is 13.2. The van der Waals surface area contributed by atoms with Gasteiger partial charge in [0.2, 0.25) is 5.91 Å². The number of amides is 1. The molecule has 2 aromatic rings. The van der Waals surface area contributed by atoms with Crippen molar-refractivity contribution in [2.75, 3.05) is 12.3 Å². The fraction of sp³-hybridized carbons (Fsp3) is 0.750. The first-order chi connectivity index (χ1) is 21.5. The highest BCUT2D eigenvalue weighted by Crippen LogP contribution is 2.31. The van der Waals surface area contributed by atoms with Crippen LogP contribution in [0.15, 0.2) is 28.6 Å². The van der Waals surface area contributed by atoms with Gasteiger partial charge in [-0.3, -0.25) is 15.3 Å². The summed E-state index contributed by atoms with van der Waals surface area (Å²) in [6.45, 7) is 5.15. The Morgan fingerprint density at radius 3 is 1.95 bits per heavy atom. The summed E-state index contributed by atoms with van der Waals surface area (Å²) in [6, 6.07) is 8.03. The summed E-state index contributed by atoms with van der Waals surface area (Å²) >= 11 is 3.13. The number of nitrogens with one attached hydrogen (secondary N) is 1. The Balaban J connectivity index is 1.72. The van der Waals surface area contributed by atoms with E-state index in [4.69, 9.17) is 10.5 Å². The first kappa shape index (κ1) is 38.5. The molecule has 0 radical (unpaired) electrons. The minimum Gasteiger partial charge on any atom is -0.447 e. The van der Waals surface area contributed by atoms with E-state index in [-0.39, 0.29) is 18.3 Å². The lowest BCUT2D eigenvalue weighted by Gasteiger charge is -2.19. The summed E-state index contributed by atoms with van der Waals surface area (Å²) in [5, 5.41) is 3.04. The lowest BCUT2D eigenvalue weighted by atomic mass is 10.1. The Bertz CT molecular complexity index is 982. The Morgan fingerprint density at radius 2 is 1.36 bits per heavy atom. The fourth-order valence-corrected chi connectivity index (χ4v) is 7.56. The van der Waals surface area contributed by atoms with Crippen LogP contribution in [0.25, 0.3) is 10.2 Å². The van der Waals surface area contributed by atoms with Gasteiger partial charge in [-0.15, -0.1) is 11.3 Å². The molecule has 2 unspecified atom stereocenters. The van der Waals surface area contributed by atoms with Gasteiger partial charge >= 0.3 is 5.97 Å². The van der Waals surface area contributed by atoms with Crippen LogP contribution in [0, 0.1) is 5.92 Å². The Morgan fingerprint density at radius 1 is 0.818 bits per heavy atom. The van der Waals surface area contributed by atoms with Gasteiger partial charge in [-0.05, 0) is 31.4 Å². The molecule has 0 aliphatic carbocycles. The Kier molecular flexibility index (Phi) is 22.4. The van der Waals surface area contributed by atoms with E-state index < -0.39 is 12.1 Å². The average Bonchev–Trinajstić information content (AvgIpc) is 3.44. The van der Waals surface area contributed by atoms with E-state index in [9.17, 15) is 9.59 Å². The van der Waals surface area contributed by atoms with Crippen molar-refractivity contribution in [3.05, 3.63) is 24.3 Å². The van der Waals surface area contributed by atoms with Crippen LogP contribution < -0.4 is 11.1 Å². The molecule has 44 heavy (non-hydrogen) atoms. The zero-order valence-corrected chi connectivity index (χ0v) is 29.4. The number of nitrogens with two attached hydrogens (primary N) is 1. The van der Waals surface area contributed by atoms with E-state index in [1.165, 1.54) is 108 Å². The molecule has 1 heterocycles. The standard InChI is InChI=1S/C36H61N3O3S2/c1-3-5-7-9-11-13-15-17-19-23-27-38-34(40)28-30(29-43-36-39-31-24-21-22-25-32(31)44-36)35(41)42-33(37)26-20-18-16-14-12-10-8-6-4-2/h21-22,24-25,30,33H,3-20,23,26-29,37H2,1-2H3,(H,38,40). The number of esters is 1. The second-order valence-corrected chi connectivity index (χ2v) is 14.6. The van der Waals surface area contributed by atoms with E-state index in [0.29, 0.717) is 18.7 Å². The lowest BCUT2D eigenvalue weighted by Crippen LogP contribution is -2.35. The van der Waals surface area contributed by atoms with Crippen LogP contribution in [0.1, 0.15) is 149 Å². The molecular formula is C36H61N3O3S2. The highest BCUT2D eigenvalue weighted by atomic mass is 32.2. The van der Waals surface area contributed by atoms with E-state index in [1.54, 1.807) is 11.3 Å². The number of unbranched alkanes of at least 4 members (excludes halogenated alkanes) is 17. The molecular weight excluding hydrogens is 587 g/mol. The molecule has 0 fully saturated rings. The molecule has 0 saturated carbocycles. The van der Waals surface area contributed by atoms with E-state index >= 15 is 0 Å². The first-order valence-electron chi connectivity index (χ1n) is 17.7. The van der Waals surface area contributed by atoms with Crippen molar-refractivity contribution in [3.8, 4) is 0 Å². The Hall–Kier alpha value is -1.64. The van der Waals surface area contributed by atoms with E-state index in [2.05, 4.69) is 30.2 Å². The monoisotopic (exact) mass is 647 g/mol. The largest absolute Gasteiger partial charge is 0.447 e. The highest BCUT2D eigenvalue weighted by Gasteiger charge is 2.26. The van der Waals surface area contributed by atoms with Crippen LogP contribution in [0.4, 0.5) is 0 Å². The fourth-order valence-electron chi connectivity index (χ4n) is 5.39. The van der Waals surface area contributed by atoms with Crippen LogP contribution in [-0.2, 0) is 14.3 Å². The number of nitrogens with zero attached hydrogens (tertiary/aromatic N) is 1. The summed E-state index contributed by atoms with van der Waals surface area (Å²) in [5.74, 6) is -0.597. The molecule has 8 heteroatoms. The van der Waals surface area contributed by atoms with Gasteiger partial charge in [-0.1, -0.05) is 147 Å². The van der Waals surface area contributed by atoms with Gasteiger partial charge in [0.15, 0.2) is 10.6 Å². The third-order valence-electron chi connectivity index (χ3n) is 8.16. The predicted molar refractivity (Wildman–Crippen MR) is 189 cm³/mol. The van der Waals surface area contributed by atoms with Crippen molar-refractivity contribution in [1.82, 2.24) is 10.3 Å². The number of para-hydroxylation sites is 1. The minimum atomic E-state index is -0.628. The number of aromatic nitrogens is 1. The first-order valence-corrected chi connectivity index (χ1v) is 19.5. The van der Waals surface area contributed by atoms with Crippen molar-refractivity contribution in [2.24, 2.45) is 11.7 Å². The molecule has 3 N–H and O–H groups in total. The topological polar surface area (TPSA) is 94.3 Å². The van der Waals surface area contributed by atoms with Gasteiger partial charge in [0, 0.05) is 18.7 Å². The number of rotatable bonds is 28. The average molecular weight is 648 g/mol. The molecule has 0 saturated heterocycles. The normalized spacial score (nSPS) is 12.8. The quantitative estimate of drug-likeness (QED) is 0.0413. The second-order valence-electron chi connectivity index (χ2n) is 12.3. The summed E-state index contributed by atoms with van der Waals surface area (Å²) in [5.41, 5.74) is 7.17. The third kappa shape index (κ3) is 18.4. The van der Waals surface area contributed by atoms with Gasteiger partial charge in [0.05, 0.1) is 16.1 Å². The third-order valence-corrected chi connectivity index (χ3v) is 10.5. The molecule has 1 aromatic heterocycles. The number of carbonyl (C=O) groups excluding carboxylic acids is 2. The zero-order chi connectivity index (χ0) is 31.7. The van der Waals surface area contributed by atoms with Gasteiger partial charge in [-0.25, -0.2) is 4.98 Å². The lowest BCUT2D eigenvalue weighted by molar-refractivity contribution is -0.154. The predicted octanol–water partition coefficient (Wildman–Crippen LogP) is 10.2. The minimum absolute atomic E-state index is 0.0970. The number of hydrogen-bond donors (Lipinski definition) is 2. The number of fused-ring (bicyclic) bond motifs is 1. The van der Waals surface area contributed by atoms with Gasteiger partial charge in [0.25, 0.3) is 0 Å². The van der Waals surface area contributed by atoms with Crippen LogP contribution in [-0.4, -0.2) is 35.4 Å². The van der Waals surface area contributed by atoms with Gasteiger partial charge in [0.1, 0.15) is 0 Å². The maximum Gasteiger partial charge on any atom is 0.311 e. The van der Waals surface area contributed by atoms with Crippen molar-refractivity contribution in [2.45, 2.75) is 159 Å². The number of benzene rings is 1. The van der Waals surface area contributed by atoms with Gasteiger partial charge in [-0.2, -0.15) is 0 Å². The number of thiazole rings is 1. The van der Waals surface area contributed by atoms with Crippen LogP contribution in [0.2, 0.25) is 0 Å². The molecule has 1 amide bonds. The van der Waals surface area contributed by atoms with Crippen LogP contribution in [0.5, 0.6) is 0 Å². The molecule has 0 spiro atoms. The van der Waals surface area contributed by atoms with E-state index in [1.807, 2.05) is 18.2 Å².